The monoisotopic (exact) mass is 402 g/mol. The highest BCUT2D eigenvalue weighted by atomic mass is 32.2. The number of hydrogen-bond donors (Lipinski definition) is 0. The molecule has 0 bridgehead atoms. The highest BCUT2D eigenvalue weighted by Gasteiger charge is 2.16. The Labute approximate surface area is 165 Å². The fraction of sp³-hybridized carbons (Fsp3) is 0. The third kappa shape index (κ3) is 2.31. The number of aromatic nitrogens is 8. The van der Waals surface area contributed by atoms with E-state index >= 15 is 0 Å². The highest BCUT2D eigenvalue weighted by molar-refractivity contribution is 7.99. The van der Waals surface area contributed by atoms with Crippen LogP contribution in [-0.2, 0) is 0 Å². The number of para-hydroxylation sites is 1. The summed E-state index contributed by atoms with van der Waals surface area (Å²) in [5.74, 6) is 0. The summed E-state index contributed by atoms with van der Waals surface area (Å²) in [6.07, 6.45) is 5.08. The molecule has 6 rings (SSSR count). The van der Waals surface area contributed by atoms with Crippen LogP contribution in [0.3, 0.4) is 0 Å². The average molecular weight is 402 g/mol. The number of benzene rings is 1. The van der Waals surface area contributed by atoms with Gasteiger partial charge in [0.1, 0.15) is 17.7 Å². The molecular formula is C18H10N8S2. The molecule has 0 aliphatic carbocycles. The third-order valence-corrected chi connectivity index (χ3v) is 6.22. The number of rotatable bonds is 3. The van der Waals surface area contributed by atoms with Gasteiger partial charge >= 0.3 is 0 Å². The molecule has 0 spiro atoms. The summed E-state index contributed by atoms with van der Waals surface area (Å²) in [5.41, 5.74) is 3.42. The smallest absolute Gasteiger partial charge is 0.203 e. The lowest BCUT2D eigenvalue weighted by molar-refractivity contribution is 0.891. The maximum atomic E-state index is 4.50. The van der Waals surface area contributed by atoms with E-state index in [0.29, 0.717) is 5.16 Å². The van der Waals surface area contributed by atoms with Crippen LogP contribution in [0, 0.1) is 0 Å². The summed E-state index contributed by atoms with van der Waals surface area (Å²) < 4.78 is 4.71. The van der Waals surface area contributed by atoms with Gasteiger partial charge in [-0.05, 0) is 35.3 Å². The fourth-order valence-electron chi connectivity index (χ4n) is 3.05. The molecule has 10 heteroatoms. The summed E-state index contributed by atoms with van der Waals surface area (Å²) in [7, 11) is 0. The quantitative estimate of drug-likeness (QED) is 0.418. The van der Waals surface area contributed by atoms with Crippen molar-refractivity contribution >= 4 is 50.0 Å². The van der Waals surface area contributed by atoms with Crippen LogP contribution < -0.4 is 0 Å². The van der Waals surface area contributed by atoms with Gasteiger partial charge in [-0.2, -0.15) is 5.10 Å². The highest BCUT2D eigenvalue weighted by Crippen LogP contribution is 2.32. The van der Waals surface area contributed by atoms with Gasteiger partial charge in [0, 0.05) is 0 Å². The Morgan fingerprint density at radius 2 is 1.86 bits per heavy atom. The van der Waals surface area contributed by atoms with Crippen molar-refractivity contribution in [2.24, 2.45) is 0 Å². The molecule has 6 aromatic rings. The summed E-state index contributed by atoms with van der Waals surface area (Å²) in [4.78, 5) is 13.4. The van der Waals surface area contributed by atoms with Crippen LogP contribution in [0.15, 0.2) is 70.8 Å². The third-order valence-electron chi connectivity index (χ3n) is 4.34. The van der Waals surface area contributed by atoms with Crippen LogP contribution in [0.4, 0.5) is 0 Å². The van der Waals surface area contributed by atoms with Gasteiger partial charge in [0.15, 0.2) is 11.3 Å². The van der Waals surface area contributed by atoms with Crippen molar-refractivity contribution in [3.63, 3.8) is 0 Å². The van der Waals surface area contributed by atoms with E-state index in [2.05, 4.69) is 30.2 Å². The molecule has 134 valence electrons. The molecule has 0 saturated heterocycles. The molecule has 0 saturated carbocycles. The Kier molecular flexibility index (Phi) is 3.40. The van der Waals surface area contributed by atoms with Gasteiger partial charge in [0.05, 0.1) is 27.5 Å². The summed E-state index contributed by atoms with van der Waals surface area (Å²) >= 11 is 3.03. The van der Waals surface area contributed by atoms with Crippen LogP contribution in [0.25, 0.3) is 32.6 Å². The minimum absolute atomic E-state index is 0.699. The molecule has 0 radical (unpaired) electrons. The van der Waals surface area contributed by atoms with Crippen molar-refractivity contribution in [1.29, 1.82) is 0 Å². The molecule has 28 heavy (non-hydrogen) atoms. The minimum Gasteiger partial charge on any atom is -0.259 e. The van der Waals surface area contributed by atoms with E-state index in [0.717, 1.165) is 37.6 Å². The minimum atomic E-state index is 0.699. The second-order valence-corrected chi connectivity index (χ2v) is 7.84. The van der Waals surface area contributed by atoms with E-state index in [1.807, 2.05) is 46.2 Å². The number of nitrogens with zero attached hydrogens (tertiary/aromatic N) is 8. The van der Waals surface area contributed by atoms with Gasteiger partial charge in [-0.1, -0.05) is 18.2 Å². The Morgan fingerprint density at radius 1 is 0.929 bits per heavy atom. The lowest BCUT2D eigenvalue weighted by atomic mass is 10.3. The Balaban J connectivity index is 1.47. The van der Waals surface area contributed by atoms with E-state index in [1.165, 1.54) is 11.8 Å². The number of hydrogen-bond acceptors (Lipinski definition) is 8. The summed E-state index contributed by atoms with van der Waals surface area (Å²) in [5, 5.41) is 17.5. The Bertz CT molecular complexity index is 1450. The first-order chi connectivity index (χ1) is 13.9. The van der Waals surface area contributed by atoms with Gasteiger partial charge in [0.2, 0.25) is 5.16 Å². The van der Waals surface area contributed by atoms with Crippen molar-refractivity contribution in [3.05, 3.63) is 60.6 Å². The zero-order valence-corrected chi connectivity index (χ0v) is 15.8. The largest absolute Gasteiger partial charge is 0.259 e. The molecule has 0 N–H and O–H groups in total. The molecule has 5 aromatic heterocycles. The van der Waals surface area contributed by atoms with Crippen LogP contribution in [0.1, 0.15) is 0 Å². The van der Waals surface area contributed by atoms with Crippen molar-refractivity contribution in [3.8, 4) is 5.69 Å². The SMILES string of the molecule is c1ccc(-n2ncc3c(Sc4nnc5c6sccc6ncn45)ncnc32)cc1. The Morgan fingerprint density at radius 3 is 2.79 bits per heavy atom. The topological polar surface area (TPSA) is 86.7 Å². The molecule has 0 unspecified atom stereocenters. The number of fused-ring (bicyclic) bond motifs is 4. The first kappa shape index (κ1) is 15.7. The molecule has 0 atom stereocenters. The number of thiophene rings is 1. The maximum Gasteiger partial charge on any atom is 0.203 e. The molecule has 5 heterocycles. The lowest BCUT2D eigenvalue weighted by Crippen LogP contribution is -1.97. The normalized spacial score (nSPS) is 11.7. The molecule has 0 fully saturated rings. The first-order valence-electron chi connectivity index (χ1n) is 8.37. The van der Waals surface area contributed by atoms with Crippen LogP contribution in [-0.4, -0.2) is 39.3 Å². The lowest BCUT2D eigenvalue weighted by Gasteiger charge is -2.03. The van der Waals surface area contributed by atoms with E-state index in [4.69, 9.17) is 0 Å². The maximum absolute atomic E-state index is 4.50. The van der Waals surface area contributed by atoms with Crippen molar-refractivity contribution in [2.75, 3.05) is 0 Å². The van der Waals surface area contributed by atoms with Gasteiger partial charge in [-0.25, -0.2) is 19.6 Å². The second kappa shape index (κ2) is 6.08. The summed E-state index contributed by atoms with van der Waals surface area (Å²) in [6, 6.07) is 11.9. The second-order valence-electron chi connectivity index (χ2n) is 5.97. The molecule has 1 aromatic carbocycles. The summed E-state index contributed by atoms with van der Waals surface area (Å²) in [6.45, 7) is 0. The van der Waals surface area contributed by atoms with Crippen LogP contribution in [0.5, 0.6) is 0 Å². The van der Waals surface area contributed by atoms with Gasteiger partial charge in [0.25, 0.3) is 0 Å². The van der Waals surface area contributed by atoms with Gasteiger partial charge < -0.3 is 0 Å². The van der Waals surface area contributed by atoms with Crippen molar-refractivity contribution in [1.82, 2.24) is 39.3 Å². The predicted octanol–water partition coefficient (Wildman–Crippen LogP) is 3.62. The van der Waals surface area contributed by atoms with Gasteiger partial charge in [-0.3, -0.25) is 4.40 Å². The zero-order valence-electron chi connectivity index (χ0n) is 14.2. The molecular weight excluding hydrogens is 392 g/mol. The van der Waals surface area contributed by atoms with Crippen LogP contribution in [0.2, 0.25) is 0 Å². The van der Waals surface area contributed by atoms with E-state index in [9.17, 15) is 0 Å². The first-order valence-corrected chi connectivity index (χ1v) is 10.1. The van der Waals surface area contributed by atoms with Crippen molar-refractivity contribution < 1.29 is 0 Å². The van der Waals surface area contributed by atoms with Crippen molar-refractivity contribution in [2.45, 2.75) is 10.2 Å². The van der Waals surface area contributed by atoms with E-state index in [1.54, 1.807) is 34.9 Å². The van der Waals surface area contributed by atoms with Gasteiger partial charge in [-0.15, -0.1) is 21.5 Å². The zero-order chi connectivity index (χ0) is 18.5. The van der Waals surface area contributed by atoms with E-state index < -0.39 is 0 Å². The van der Waals surface area contributed by atoms with Crippen LogP contribution >= 0.6 is 23.1 Å². The average Bonchev–Trinajstić information content (AvgIpc) is 3.46. The fourth-order valence-corrected chi connectivity index (χ4v) is 4.70. The Hall–Kier alpha value is -3.37. The molecule has 8 nitrogen and oxygen atoms in total. The molecule has 0 aliphatic rings. The molecule has 0 aliphatic heterocycles. The molecule has 0 amide bonds. The van der Waals surface area contributed by atoms with E-state index in [-0.39, 0.29) is 0 Å². The standard InChI is InChI=1S/C18H10N8S2/c1-2-4-11(5-3-1)26-15-12(8-22-26)17(20-9-19-15)28-18-24-23-16-14-13(6-7-27-14)21-10-25(16)18/h1-10H. The predicted molar refractivity (Wildman–Crippen MR) is 107 cm³/mol.